The Morgan fingerprint density at radius 3 is 2.71 bits per heavy atom. The summed E-state index contributed by atoms with van der Waals surface area (Å²) in [6.07, 6.45) is 0.0160. The van der Waals surface area contributed by atoms with Gasteiger partial charge in [-0.05, 0) is 12.1 Å². The van der Waals surface area contributed by atoms with Crippen molar-refractivity contribution in [3.63, 3.8) is 0 Å². The van der Waals surface area contributed by atoms with Crippen LogP contribution < -0.4 is 15.0 Å². The van der Waals surface area contributed by atoms with Crippen molar-refractivity contribution in [1.82, 2.24) is 5.32 Å². The van der Waals surface area contributed by atoms with E-state index in [4.69, 9.17) is 16.3 Å². The van der Waals surface area contributed by atoms with Crippen molar-refractivity contribution in [1.29, 1.82) is 0 Å². The Kier molecular flexibility index (Phi) is 2.86. The molecule has 0 spiro atoms. The van der Waals surface area contributed by atoms with E-state index in [1.807, 2.05) is 18.2 Å². The first-order valence-corrected chi connectivity index (χ1v) is 6.20. The van der Waals surface area contributed by atoms with Crippen LogP contribution in [-0.2, 0) is 0 Å². The van der Waals surface area contributed by atoms with Crippen molar-refractivity contribution < 1.29 is 9.84 Å². The summed E-state index contributed by atoms with van der Waals surface area (Å²) in [6, 6.07) is 5.66. The number of anilines is 1. The predicted octanol–water partition coefficient (Wildman–Crippen LogP) is 0.871. The van der Waals surface area contributed by atoms with Crippen molar-refractivity contribution in [3.8, 4) is 5.75 Å². The van der Waals surface area contributed by atoms with Crippen LogP contribution in [0.25, 0.3) is 0 Å². The number of β-amino-alcohol motifs (C(OH)–C–C–N with tert-alkyl or cyclic N) is 1. The van der Waals surface area contributed by atoms with Crippen molar-refractivity contribution in [2.45, 2.75) is 12.2 Å². The summed E-state index contributed by atoms with van der Waals surface area (Å²) >= 11 is 5.99. The molecular formula is C12H15ClN2O2. The van der Waals surface area contributed by atoms with E-state index in [0.717, 1.165) is 24.5 Å². The molecule has 1 aromatic rings. The van der Waals surface area contributed by atoms with Gasteiger partial charge in [0.05, 0.1) is 11.8 Å². The fourth-order valence-electron chi connectivity index (χ4n) is 2.02. The number of hydrogen-bond acceptors (Lipinski definition) is 4. The zero-order chi connectivity index (χ0) is 11.8. The number of nitrogens with zero attached hydrogens (tertiary/aromatic N) is 1. The van der Waals surface area contributed by atoms with Crippen molar-refractivity contribution >= 4 is 17.3 Å². The predicted molar refractivity (Wildman–Crippen MR) is 67.0 cm³/mol. The van der Waals surface area contributed by atoms with Gasteiger partial charge in [-0.1, -0.05) is 11.6 Å². The van der Waals surface area contributed by atoms with Crippen LogP contribution in [0, 0.1) is 0 Å². The van der Waals surface area contributed by atoms with E-state index >= 15 is 0 Å². The number of rotatable bonds is 3. The third-order valence-corrected chi connectivity index (χ3v) is 3.40. The summed E-state index contributed by atoms with van der Waals surface area (Å²) in [6.45, 7) is 3.10. The molecule has 92 valence electrons. The molecule has 2 N–H and O–H groups in total. The molecule has 17 heavy (non-hydrogen) atoms. The second kappa shape index (κ2) is 4.37. The molecule has 2 fully saturated rings. The van der Waals surface area contributed by atoms with Gasteiger partial charge in [0.15, 0.2) is 0 Å². The molecule has 0 bridgehead atoms. The average molecular weight is 255 g/mol. The van der Waals surface area contributed by atoms with E-state index in [9.17, 15) is 5.11 Å². The van der Waals surface area contributed by atoms with E-state index in [1.165, 1.54) is 0 Å². The highest BCUT2D eigenvalue weighted by atomic mass is 35.5. The van der Waals surface area contributed by atoms with Gasteiger partial charge in [-0.3, -0.25) is 0 Å². The van der Waals surface area contributed by atoms with Crippen LogP contribution in [0.1, 0.15) is 0 Å². The molecule has 2 aliphatic heterocycles. The van der Waals surface area contributed by atoms with E-state index < -0.39 is 0 Å². The number of aliphatic hydroxyl groups is 1. The van der Waals surface area contributed by atoms with Crippen LogP contribution in [0.3, 0.4) is 0 Å². The topological polar surface area (TPSA) is 44.7 Å². The Hall–Kier alpha value is -0.970. The second-order valence-electron chi connectivity index (χ2n) is 4.57. The van der Waals surface area contributed by atoms with E-state index in [1.54, 1.807) is 0 Å². The lowest BCUT2D eigenvalue weighted by Gasteiger charge is -2.39. The van der Waals surface area contributed by atoms with Crippen LogP contribution >= 0.6 is 11.6 Å². The number of nitrogens with one attached hydrogen (secondary N) is 1. The van der Waals surface area contributed by atoms with Gasteiger partial charge in [0, 0.05) is 37.3 Å². The fourth-order valence-corrected chi connectivity index (χ4v) is 2.18. The van der Waals surface area contributed by atoms with Gasteiger partial charge >= 0.3 is 0 Å². The minimum Gasteiger partial charge on any atom is -0.486 e. The van der Waals surface area contributed by atoms with Crippen molar-refractivity contribution in [3.05, 3.63) is 23.2 Å². The monoisotopic (exact) mass is 254 g/mol. The van der Waals surface area contributed by atoms with Gasteiger partial charge in [-0.2, -0.15) is 0 Å². The number of halogens is 1. The minimum absolute atomic E-state index is 0.219. The smallest absolute Gasteiger partial charge is 0.144 e. The fraction of sp³-hybridized carbons (Fsp3) is 0.500. The molecule has 2 saturated heterocycles. The highest BCUT2D eigenvalue weighted by Crippen LogP contribution is 2.34. The van der Waals surface area contributed by atoms with Crippen LogP contribution in [0.5, 0.6) is 5.75 Å². The summed E-state index contributed by atoms with van der Waals surface area (Å²) < 4.78 is 5.88. The molecule has 0 radical (unpaired) electrons. The van der Waals surface area contributed by atoms with Gasteiger partial charge in [-0.15, -0.1) is 0 Å². The second-order valence-corrected chi connectivity index (χ2v) is 5.01. The van der Waals surface area contributed by atoms with E-state index in [-0.39, 0.29) is 12.2 Å². The normalized spacial score (nSPS) is 20.9. The first-order chi connectivity index (χ1) is 8.22. The number of hydrogen-bond donors (Lipinski definition) is 2. The summed E-state index contributed by atoms with van der Waals surface area (Å²) in [7, 11) is 0. The Labute approximate surface area is 105 Å². The molecule has 0 aliphatic carbocycles. The molecule has 0 unspecified atom stereocenters. The maximum Gasteiger partial charge on any atom is 0.144 e. The number of aliphatic hydroxyl groups excluding tert-OH is 1. The van der Waals surface area contributed by atoms with Gasteiger partial charge in [0.2, 0.25) is 0 Å². The largest absolute Gasteiger partial charge is 0.486 e. The highest BCUT2D eigenvalue weighted by Gasteiger charge is 2.28. The Bertz CT molecular complexity index is 417. The third kappa shape index (κ3) is 2.20. The molecule has 0 saturated carbocycles. The summed E-state index contributed by atoms with van der Waals surface area (Å²) in [5, 5.41) is 13.2. The molecule has 0 aromatic heterocycles. The van der Waals surface area contributed by atoms with Crippen LogP contribution in [0.4, 0.5) is 5.69 Å². The first-order valence-electron chi connectivity index (χ1n) is 5.82. The van der Waals surface area contributed by atoms with Crippen LogP contribution in [0.2, 0.25) is 5.02 Å². The van der Waals surface area contributed by atoms with Crippen LogP contribution in [0.15, 0.2) is 18.2 Å². The number of ether oxygens (including phenoxy) is 1. The molecular weight excluding hydrogens is 240 g/mol. The molecule has 0 amide bonds. The van der Waals surface area contributed by atoms with E-state index in [2.05, 4.69) is 10.2 Å². The minimum atomic E-state index is -0.219. The third-order valence-electron chi connectivity index (χ3n) is 3.16. The Morgan fingerprint density at radius 1 is 1.35 bits per heavy atom. The lowest BCUT2D eigenvalue weighted by molar-refractivity contribution is 0.132. The average Bonchev–Trinajstić information content (AvgIpc) is 2.20. The van der Waals surface area contributed by atoms with Gasteiger partial charge in [0.1, 0.15) is 11.9 Å². The van der Waals surface area contributed by atoms with Crippen molar-refractivity contribution in [2.75, 3.05) is 31.1 Å². The zero-order valence-electron chi connectivity index (χ0n) is 9.40. The lowest BCUT2D eigenvalue weighted by atomic mass is 10.1. The van der Waals surface area contributed by atoms with Gasteiger partial charge in [0.25, 0.3) is 0 Å². The van der Waals surface area contributed by atoms with Crippen LogP contribution in [-0.4, -0.2) is 43.5 Å². The molecule has 0 atom stereocenters. The van der Waals surface area contributed by atoms with Gasteiger partial charge in [-0.25, -0.2) is 0 Å². The molecule has 5 heteroatoms. The van der Waals surface area contributed by atoms with Crippen molar-refractivity contribution in [2.24, 2.45) is 0 Å². The number of benzene rings is 1. The maximum atomic E-state index is 9.35. The standard InChI is InChI=1S/C12H15ClN2O2/c13-8-1-2-11(15-6-9(16)7-15)12(3-8)17-10-4-14-5-10/h1-3,9-10,14,16H,4-7H2. The molecule has 2 aliphatic rings. The van der Waals surface area contributed by atoms with Gasteiger partial charge < -0.3 is 20.1 Å². The molecule has 3 rings (SSSR count). The summed E-state index contributed by atoms with van der Waals surface area (Å²) in [5.74, 6) is 0.816. The molecule has 2 heterocycles. The summed E-state index contributed by atoms with van der Waals surface area (Å²) in [4.78, 5) is 2.10. The lowest BCUT2D eigenvalue weighted by Crippen LogP contribution is -2.52. The van der Waals surface area contributed by atoms with E-state index in [0.29, 0.717) is 18.1 Å². The quantitative estimate of drug-likeness (QED) is 0.840. The highest BCUT2D eigenvalue weighted by molar-refractivity contribution is 6.30. The maximum absolute atomic E-state index is 9.35. The Balaban J connectivity index is 1.80. The Morgan fingerprint density at radius 2 is 2.12 bits per heavy atom. The zero-order valence-corrected chi connectivity index (χ0v) is 10.2. The summed E-state index contributed by atoms with van der Waals surface area (Å²) in [5.41, 5.74) is 1.02. The molecule has 1 aromatic carbocycles. The molecule has 4 nitrogen and oxygen atoms in total. The first kappa shape index (κ1) is 11.1. The SMILES string of the molecule is OC1CN(c2ccc(Cl)cc2OC2CNC2)C1.